The highest BCUT2D eigenvalue weighted by Gasteiger charge is 2.42. The standard InChI is InChI=1S/C21H26N4O2/c1-3-25-15(2)11-19(22-25)21(27)23-13-17-9-10-18(14-23)24(20(17)26)12-16-7-5-4-6-8-16/h4-8,11,17-18H,3,9-10,12-14H2,1-2H3. The Kier molecular flexibility index (Phi) is 4.72. The first-order valence-electron chi connectivity index (χ1n) is 9.75. The monoisotopic (exact) mass is 366 g/mol. The van der Waals surface area contributed by atoms with Crippen molar-refractivity contribution in [1.29, 1.82) is 0 Å². The molecule has 0 radical (unpaired) electrons. The lowest BCUT2D eigenvalue weighted by Crippen LogP contribution is -2.47. The number of hydrogen-bond donors (Lipinski definition) is 0. The van der Waals surface area contributed by atoms with Crippen LogP contribution in [0.1, 0.15) is 41.5 Å². The molecule has 2 unspecified atom stereocenters. The molecule has 2 amide bonds. The molecular weight excluding hydrogens is 340 g/mol. The highest BCUT2D eigenvalue weighted by Crippen LogP contribution is 2.31. The van der Waals surface area contributed by atoms with Crippen molar-refractivity contribution < 1.29 is 9.59 Å². The SMILES string of the molecule is CCn1nc(C(=O)N2CC3CCC(C2)N(Cc2ccccc2)C3=O)cc1C. The molecule has 0 saturated carbocycles. The van der Waals surface area contributed by atoms with Crippen LogP contribution >= 0.6 is 0 Å². The summed E-state index contributed by atoms with van der Waals surface area (Å²) >= 11 is 0. The number of fused-ring (bicyclic) bond motifs is 4. The van der Waals surface area contributed by atoms with Crippen molar-refractivity contribution in [1.82, 2.24) is 19.6 Å². The van der Waals surface area contributed by atoms with E-state index in [4.69, 9.17) is 0 Å². The van der Waals surface area contributed by atoms with E-state index in [2.05, 4.69) is 17.2 Å². The summed E-state index contributed by atoms with van der Waals surface area (Å²) in [6, 6.07) is 12.0. The van der Waals surface area contributed by atoms with Gasteiger partial charge in [-0.05, 0) is 38.3 Å². The van der Waals surface area contributed by atoms with E-state index in [1.54, 1.807) is 0 Å². The second-order valence-corrected chi connectivity index (χ2v) is 7.58. The number of aryl methyl sites for hydroxylation is 2. The number of hydrogen-bond acceptors (Lipinski definition) is 3. The third-order valence-corrected chi connectivity index (χ3v) is 5.78. The number of benzene rings is 1. The molecular formula is C21H26N4O2. The van der Waals surface area contributed by atoms with Gasteiger partial charge in [0.2, 0.25) is 5.91 Å². The van der Waals surface area contributed by atoms with E-state index in [9.17, 15) is 9.59 Å². The van der Waals surface area contributed by atoms with Crippen LogP contribution in [0.3, 0.4) is 0 Å². The van der Waals surface area contributed by atoms with Crippen molar-refractivity contribution in [3.63, 3.8) is 0 Å². The van der Waals surface area contributed by atoms with Gasteiger partial charge in [-0.2, -0.15) is 5.10 Å². The smallest absolute Gasteiger partial charge is 0.274 e. The van der Waals surface area contributed by atoms with Gasteiger partial charge in [0, 0.05) is 37.9 Å². The number of carbonyl (C=O) groups is 2. The van der Waals surface area contributed by atoms with Crippen LogP contribution in [0.5, 0.6) is 0 Å². The minimum atomic E-state index is -0.106. The highest BCUT2D eigenvalue weighted by molar-refractivity contribution is 5.93. The van der Waals surface area contributed by atoms with Crippen LogP contribution in [0.4, 0.5) is 0 Å². The predicted octanol–water partition coefficient (Wildman–Crippen LogP) is 2.47. The van der Waals surface area contributed by atoms with Gasteiger partial charge in [-0.1, -0.05) is 30.3 Å². The van der Waals surface area contributed by atoms with Gasteiger partial charge in [0.1, 0.15) is 0 Å². The predicted molar refractivity (Wildman–Crippen MR) is 102 cm³/mol. The Balaban J connectivity index is 1.55. The topological polar surface area (TPSA) is 58.4 Å². The Bertz CT molecular complexity index is 845. The van der Waals surface area contributed by atoms with Crippen molar-refractivity contribution in [2.24, 2.45) is 5.92 Å². The van der Waals surface area contributed by atoms with Crippen LogP contribution in [-0.4, -0.2) is 50.5 Å². The van der Waals surface area contributed by atoms with E-state index in [1.165, 1.54) is 0 Å². The third kappa shape index (κ3) is 3.36. The molecule has 3 aliphatic heterocycles. The molecule has 2 atom stereocenters. The summed E-state index contributed by atoms with van der Waals surface area (Å²) in [5, 5.41) is 4.44. The molecule has 6 heteroatoms. The van der Waals surface area contributed by atoms with E-state index in [0.717, 1.165) is 30.6 Å². The summed E-state index contributed by atoms with van der Waals surface area (Å²) in [5.41, 5.74) is 2.60. The second kappa shape index (κ2) is 7.18. The normalized spacial score (nSPS) is 22.2. The zero-order chi connectivity index (χ0) is 19.0. The van der Waals surface area contributed by atoms with Crippen molar-refractivity contribution in [3.8, 4) is 0 Å². The number of rotatable bonds is 4. The molecule has 0 N–H and O–H groups in total. The van der Waals surface area contributed by atoms with Gasteiger partial charge in [0.25, 0.3) is 5.91 Å². The Labute approximate surface area is 159 Å². The van der Waals surface area contributed by atoms with E-state index in [1.807, 2.05) is 52.6 Å². The molecule has 27 heavy (non-hydrogen) atoms. The van der Waals surface area contributed by atoms with Crippen LogP contribution in [0, 0.1) is 12.8 Å². The van der Waals surface area contributed by atoms with Crippen molar-refractivity contribution in [2.45, 2.75) is 45.8 Å². The van der Waals surface area contributed by atoms with E-state index >= 15 is 0 Å². The molecule has 3 aliphatic rings. The fourth-order valence-corrected chi connectivity index (χ4v) is 4.29. The van der Waals surface area contributed by atoms with Gasteiger partial charge in [-0.25, -0.2) is 0 Å². The maximum absolute atomic E-state index is 13.0. The minimum absolute atomic E-state index is 0.0587. The number of amides is 2. The fraction of sp³-hybridized carbons (Fsp3) is 0.476. The number of aromatic nitrogens is 2. The lowest BCUT2D eigenvalue weighted by Gasteiger charge is -2.36. The van der Waals surface area contributed by atoms with Gasteiger partial charge in [-0.3, -0.25) is 14.3 Å². The molecule has 0 spiro atoms. The molecule has 1 aromatic carbocycles. The maximum Gasteiger partial charge on any atom is 0.274 e. The zero-order valence-electron chi connectivity index (χ0n) is 16.0. The zero-order valence-corrected chi connectivity index (χ0v) is 16.0. The molecule has 3 saturated heterocycles. The molecule has 5 rings (SSSR count). The third-order valence-electron chi connectivity index (χ3n) is 5.78. The Hall–Kier alpha value is -2.63. The van der Waals surface area contributed by atoms with Crippen molar-refractivity contribution in [2.75, 3.05) is 13.1 Å². The first kappa shape index (κ1) is 17.8. The van der Waals surface area contributed by atoms with Gasteiger partial charge in [-0.15, -0.1) is 0 Å². The lowest BCUT2D eigenvalue weighted by molar-refractivity contribution is -0.140. The Morgan fingerprint density at radius 2 is 1.96 bits per heavy atom. The van der Waals surface area contributed by atoms with Crippen LogP contribution in [-0.2, 0) is 17.9 Å². The van der Waals surface area contributed by atoms with Gasteiger partial charge in [0.05, 0.1) is 5.92 Å². The van der Waals surface area contributed by atoms with Gasteiger partial charge < -0.3 is 9.80 Å². The van der Waals surface area contributed by atoms with Crippen LogP contribution in [0.15, 0.2) is 36.4 Å². The number of piperidine rings is 1. The lowest BCUT2D eigenvalue weighted by atomic mass is 9.93. The molecule has 2 aromatic rings. The van der Waals surface area contributed by atoms with Gasteiger partial charge in [0.15, 0.2) is 5.69 Å². The molecule has 2 bridgehead atoms. The van der Waals surface area contributed by atoms with E-state index in [-0.39, 0.29) is 23.8 Å². The van der Waals surface area contributed by atoms with Crippen molar-refractivity contribution in [3.05, 3.63) is 53.3 Å². The van der Waals surface area contributed by atoms with Crippen LogP contribution in [0.2, 0.25) is 0 Å². The van der Waals surface area contributed by atoms with E-state index < -0.39 is 0 Å². The second-order valence-electron chi connectivity index (χ2n) is 7.58. The van der Waals surface area contributed by atoms with E-state index in [0.29, 0.717) is 25.3 Å². The summed E-state index contributed by atoms with van der Waals surface area (Å²) in [6.45, 7) is 6.43. The maximum atomic E-state index is 13.0. The molecule has 142 valence electrons. The summed E-state index contributed by atoms with van der Waals surface area (Å²) in [4.78, 5) is 29.9. The van der Waals surface area contributed by atoms with Crippen LogP contribution in [0.25, 0.3) is 0 Å². The first-order valence-corrected chi connectivity index (χ1v) is 9.75. The Morgan fingerprint density at radius 1 is 1.19 bits per heavy atom. The summed E-state index contributed by atoms with van der Waals surface area (Å²) in [6.07, 6.45) is 1.82. The molecule has 4 heterocycles. The quantitative estimate of drug-likeness (QED) is 0.835. The highest BCUT2D eigenvalue weighted by atomic mass is 16.2. The van der Waals surface area contributed by atoms with Gasteiger partial charge >= 0.3 is 0 Å². The summed E-state index contributed by atoms with van der Waals surface area (Å²) < 4.78 is 1.84. The minimum Gasteiger partial charge on any atom is -0.334 e. The summed E-state index contributed by atoms with van der Waals surface area (Å²) in [7, 11) is 0. The average Bonchev–Trinajstić information content (AvgIpc) is 2.86. The molecule has 1 aromatic heterocycles. The molecule has 0 aliphatic carbocycles. The Morgan fingerprint density at radius 3 is 2.67 bits per heavy atom. The van der Waals surface area contributed by atoms with Crippen LogP contribution < -0.4 is 0 Å². The molecule has 3 fully saturated rings. The number of nitrogens with zero attached hydrogens (tertiary/aromatic N) is 4. The average molecular weight is 366 g/mol. The molecule has 6 nitrogen and oxygen atoms in total. The number of carbonyl (C=O) groups excluding carboxylic acids is 2. The first-order chi connectivity index (χ1) is 13.1. The fourth-order valence-electron chi connectivity index (χ4n) is 4.29. The summed E-state index contributed by atoms with van der Waals surface area (Å²) in [5.74, 6) is 0.0167. The van der Waals surface area contributed by atoms with Crippen molar-refractivity contribution >= 4 is 11.8 Å². The largest absolute Gasteiger partial charge is 0.334 e.